The van der Waals surface area contributed by atoms with E-state index in [0.717, 1.165) is 12.6 Å². The van der Waals surface area contributed by atoms with Gasteiger partial charge in [-0.3, -0.25) is 0 Å². The van der Waals surface area contributed by atoms with Gasteiger partial charge in [-0.25, -0.2) is 0 Å². The van der Waals surface area contributed by atoms with Crippen LogP contribution in [0.3, 0.4) is 0 Å². The molecule has 3 aliphatic rings. The van der Waals surface area contributed by atoms with Gasteiger partial charge in [-0.15, -0.1) is 0 Å². The zero-order valence-electron chi connectivity index (χ0n) is 17.6. The van der Waals surface area contributed by atoms with E-state index in [2.05, 4.69) is 64.1 Å². The van der Waals surface area contributed by atoms with E-state index in [1.165, 1.54) is 91.6 Å². The molecular formula is C25H33N3S. The summed E-state index contributed by atoms with van der Waals surface area (Å²) in [6.45, 7) is 9.77. The van der Waals surface area contributed by atoms with E-state index in [9.17, 15) is 0 Å². The number of nitrogens with zero attached hydrogens (tertiary/aromatic N) is 3. The number of fused-ring (bicyclic) bond motifs is 2. The molecule has 2 aromatic carbocycles. The van der Waals surface area contributed by atoms with E-state index < -0.39 is 0 Å². The number of rotatable bonds is 5. The maximum atomic E-state index is 2.75. The maximum Gasteiger partial charge on any atom is 0.0555 e. The third-order valence-electron chi connectivity index (χ3n) is 6.85. The van der Waals surface area contributed by atoms with Crippen LogP contribution < -0.4 is 4.90 Å². The summed E-state index contributed by atoms with van der Waals surface area (Å²) < 4.78 is 0. The Balaban J connectivity index is 1.21. The lowest BCUT2D eigenvalue weighted by molar-refractivity contribution is 0.126. The van der Waals surface area contributed by atoms with E-state index in [1.807, 2.05) is 11.8 Å². The van der Waals surface area contributed by atoms with Crippen LogP contribution >= 0.6 is 11.8 Å². The lowest BCUT2D eigenvalue weighted by Gasteiger charge is -2.37. The molecule has 0 aliphatic carbocycles. The Morgan fingerprint density at radius 1 is 0.862 bits per heavy atom. The highest BCUT2D eigenvalue weighted by molar-refractivity contribution is 7.99. The topological polar surface area (TPSA) is 9.72 Å². The second kappa shape index (κ2) is 8.71. The summed E-state index contributed by atoms with van der Waals surface area (Å²) >= 11 is 1.91. The molecule has 0 atom stereocenters. The normalized spacial score (nSPS) is 20.7. The van der Waals surface area contributed by atoms with Crippen molar-refractivity contribution in [2.45, 2.75) is 54.9 Å². The minimum Gasteiger partial charge on any atom is -0.340 e. The van der Waals surface area contributed by atoms with Gasteiger partial charge in [0.05, 0.1) is 11.4 Å². The van der Waals surface area contributed by atoms with Crippen molar-refractivity contribution in [3.8, 4) is 0 Å². The van der Waals surface area contributed by atoms with Gasteiger partial charge in [-0.1, -0.05) is 30.0 Å². The average molecular weight is 408 g/mol. The molecule has 2 aromatic rings. The summed E-state index contributed by atoms with van der Waals surface area (Å²) in [5.41, 5.74) is 4.11. The molecule has 0 saturated carbocycles. The van der Waals surface area contributed by atoms with Gasteiger partial charge in [0.15, 0.2) is 0 Å². The number of aryl methyl sites for hydroxylation is 1. The highest BCUT2D eigenvalue weighted by Gasteiger charge is 2.27. The lowest BCUT2D eigenvalue weighted by atomic mass is 10.0. The first kappa shape index (κ1) is 19.5. The number of hydrogen-bond acceptors (Lipinski definition) is 4. The third kappa shape index (κ3) is 4.21. The van der Waals surface area contributed by atoms with Crippen LogP contribution in [0.2, 0.25) is 0 Å². The largest absolute Gasteiger partial charge is 0.340 e. The van der Waals surface area contributed by atoms with E-state index >= 15 is 0 Å². The van der Waals surface area contributed by atoms with Crippen LogP contribution in [-0.4, -0.2) is 55.1 Å². The smallest absolute Gasteiger partial charge is 0.0555 e. The first-order valence-corrected chi connectivity index (χ1v) is 12.2. The number of anilines is 2. The SMILES string of the molecule is Cc1ccc2c(c1)N(CCCN1CCC(N3CCCC3)CC1)c1ccccc1S2. The molecule has 0 aromatic heterocycles. The molecule has 2 fully saturated rings. The summed E-state index contributed by atoms with van der Waals surface area (Å²) in [5, 5.41) is 0. The van der Waals surface area contributed by atoms with Gasteiger partial charge in [0.1, 0.15) is 0 Å². The van der Waals surface area contributed by atoms with E-state index in [-0.39, 0.29) is 0 Å². The molecule has 29 heavy (non-hydrogen) atoms. The molecule has 3 aliphatic heterocycles. The standard InChI is InChI=1S/C25H33N3S/c1-20-9-10-25-23(19-20)28(22-7-2-3-8-24(22)29-25)16-6-13-26-17-11-21(12-18-26)27-14-4-5-15-27/h2-3,7-10,19,21H,4-6,11-18H2,1H3. The maximum absolute atomic E-state index is 2.75. The van der Waals surface area contributed by atoms with Crippen LogP contribution in [-0.2, 0) is 0 Å². The van der Waals surface area contributed by atoms with Gasteiger partial charge < -0.3 is 14.7 Å². The summed E-state index contributed by atoms with van der Waals surface area (Å²) in [7, 11) is 0. The van der Waals surface area contributed by atoms with Crippen molar-refractivity contribution in [2.24, 2.45) is 0 Å². The van der Waals surface area contributed by atoms with Crippen molar-refractivity contribution in [3.63, 3.8) is 0 Å². The Morgan fingerprint density at radius 2 is 1.62 bits per heavy atom. The zero-order chi connectivity index (χ0) is 19.6. The van der Waals surface area contributed by atoms with Gasteiger partial charge in [-0.05, 0) is 102 Å². The highest BCUT2D eigenvalue weighted by atomic mass is 32.2. The predicted molar refractivity (Wildman–Crippen MR) is 124 cm³/mol. The fourth-order valence-corrected chi connectivity index (χ4v) is 6.32. The molecule has 0 N–H and O–H groups in total. The van der Waals surface area contributed by atoms with Crippen LogP contribution in [0.5, 0.6) is 0 Å². The molecule has 154 valence electrons. The quantitative estimate of drug-likeness (QED) is 0.643. The van der Waals surface area contributed by atoms with E-state index in [0.29, 0.717) is 0 Å². The summed E-state index contributed by atoms with van der Waals surface area (Å²) in [6.07, 6.45) is 6.78. The molecule has 0 unspecified atom stereocenters. The van der Waals surface area contributed by atoms with Crippen molar-refractivity contribution >= 4 is 23.1 Å². The Hall–Kier alpha value is -1.49. The van der Waals surface area contributed by atoms with Crippen LogP contribution in [0.1, 0.15) is 37.7 Å². The minimum absolute atomic E-state index is 0.856. The van der Waals surface area contributed by atoms with Crippen LogP contribution in [0.25, 0.3) is 0 Å². The van der Waals surface area contributed by atoms with Crippen molar-refractivity contribution in [1.82, 2.24) is 9.80 Å². The lowest BCUT2D eigenvalue weighted by Crippen LogP contribution is -2.44. The number of piperidine rings is 1. The molecular weight excluding hydrogens is 374 g/mol. The molecule has 0 amide bonds. The van der Waals surface area contributed by atoms with Gasteiger partial charge in [0.25, 0.3) is 0 Å². The monoisotopic (exact) mass is 407 g/mol. The summed E-state index contributed by atoms with van der Waals surface area (Å²) in [4.78, 5) is 10.8. The molecule has 0 bridgehead atoms. The van der Waals surface area contributed by atoms with E-state index in [4.69, 9.17) is 0 Å². The highest BCUT2D eigenvalue weighted by Crippen LogP contribution is 2.48. The molecule has 4 heteroatoms. The minimum atomic E-state index is 0.856. The van der Waals surface area contributed by atoms with Gasteiger partial charge >= 0.3 is 0 Å². The summed E-state index contributed by atoms with van der Waals surface area (Å²) in [6, 6.07) is 16.6. The first-order chi connectivity index (χ1) is 14.3. The second-order valence-electron chi connectivity index (χ2n) is 8.86. The number of likely N-dealkylation sites (tertiary alicyclic amines) is 2. The number of benzene rings is 2. The Labute approximate surface area is 180 Å². The number of hydrogen-bond donors (Lipinski definition) is 0. The predicted octanol–water partition coefficient (Wildman–Crippen LogP) is 5.55. The molecule has 2 saturated heterocycles. The fraction of sp³-hybridized carbons (Fsp3) is 0.520. The molecule has 5 rings (SSSR count). The molecule has 3 heterocycles. The summed E-state index contributed by atoms with van der Waals surface area (Å²) in [5.74, 6) is 0. The van der Waals surface area contributed by atoms with Crippen molar-refractivity contribution in [1.29, 1.82) is 0 Å². The average Bonchev–Trinajstić information content (AvgIpc) is 3.29. The molecule has 0 spiro atoms. The number of para-hydroxylation sites is 1. The van der Waals surface area contributed by atoms with Gasteiger partial charge in [-0.2, -0.15) is 0 Å². The van der Waals surface area contributed by atoms with Gasteiger partial charge in [0.2, 0.25) is 0 Å². The van der Waals surface area contributed by atoms with Crippen molar-refractivity contribution in [3.05, 3.63) is 48.0 Å². The zero-order valence-corrected chi connectivity index (χ0v) is 18.5. The Morgan fingerprint density at radius 3 is 2.45 bits per heavy atom. The van der Waals surface area contributed by atoms with Crippen LogP contribution in [0, 0.1) is 6.92 Å². The fourth-order valence-electron chi connectivity index (χ4n) is 5.25. The Bertz CT molecular complexity index is 838. The second-order valence-corrected chi connectivity index (χ2v) is 9.95. The van der Waals surface area contributed by atoms with Gasteiger partial charge in [0, 0.05) is 22.4 Å². The molecule has 0 radical (unpaired) electrons. The third-order valence-corrected chi connectivity index (χ3v) is 7.98. The van der Waals surface area contributed by atoms with Crippen molar-refractivity contribution < 1.29 is 0 Å². The molecule has 3 nitrogen and oxygen atoms in total. The first-order valence-electron chi connectivity index (χ1n) is 11.4. The van der Waals surface area contributed by atoms with Crippen LogP contribution in [0.15, 0.2) is 52.3 Å². The van der Waals surface area contributed by atoms with Crippen molar-refractivity contribution in [2.75, 3.05) is 44.2 Å². The van der Waals surface area contributed by atoms with Crippen LogP contribution in [0.4, 0.5) is 11.4 Å². The van der Waals surface area contributed by atoms with E-state index in [1.54, 1.807) is 0 Å². The Kier molecular flexibility index (Phi) is 5.85.